The molecule has 0 aliphatic heterocycles. The van der Waals surface area contributed by atoms with Gasteiger partial charge in [-0.1, -0.05) is 18.2 Å². The van der Waals surface area contributed by atoms with E-state index in [0.717, 1.165) is 0 Å². The molecule has 0 saturated carbocycles. The zero-order chi connectivity index (χ0) is 15.4. The molecule has 0 bridgehead atoms. The van der Waals surface area contributed by atoms with Crippen molar-refractivity contribution >= 4 is 11.4 Å². The largest absolute Gasteiger partial charge is 0.398 e. The lowest BCUT2D eigenvalue weighted by Gasteiger charge is -2.18. The number of nitro groups is 1. The van der Waals surface area contributed by atoms with E-state index in [-0.39, 0.29) is 11.5 Å². The fourth-order valence-corrected chi connectivity index (χ4v) is 2.11. The number of non-ortho nitro benzene ring substituents is 1. The Morgan fingerprint density at radius 1 is 1.19 bits per heavy atom. The van der Waals surface area contributed by atoms with Gasteiger partial charge in [0, 0.05) is 36.5 Å². The lowest BCUT2D eigenvalue weighted by atomic mass is 10.1. The van der Waals surface area contributed by atoms with Crippen molar-refractivity contribution in [1.82, 2.24) is 4.90 Å². The van der Waals surface area contributed by atoms with Gasteiger partial charge in [-0.2, -0.15) is 0 Å². The van der Waals surface area contributed by atoms with Gasteiger partial charge >= 0.3 is 0 Å². The number of nitrogens with zero attached hydrogens (tertiary/aromatic N) is 2. The number of hydrogen-bond donors (Lipinski definition) is 1. The first-order valence-corrected chi connectivity index (χ1v) is 6.42. The zero-order valence-electron chi connectivity index (χ0n) is 11.6. The molecule has 0 heterocycles. The normalized spacial score (nSPS) is 10.8. The first-order chi connectivity index (χ1) is 9.97. The maximum Gasteiger partial charge on any atom is 0.269 e. The van der Waals surface area contributed by atoms with Crippen molar-refractivity contribution < 1.29 is 9.31 Å². The minimum absolute atomic E-state index is 0.00140. The molecule has 0 unspecified atom stereocenters. The first-order valence-electron chi connectivity index (χ1n) is 6.42. The van der Waals surface area contributed by atoms with Gasteiger partial charge in [-0.3, -0.25) is 15.0 Å². The second-order valence-corrected chi connectivity index (χ2v) is 4.90. The second-order valence-electron chi connectivity index (χ2n) is 4.90. The molecule has 0 radical (unpaired) electrons. The van der Waals surface area contributed by atoms with E-state index < -0.39 is 4.92 Å². The lowest BCUT2D eigenvalue weighted by Crippen LogP contribution is -2.19. The lowest BCUT2D eigenvalue weighted by molar-refractivity contribution is -0.384. The summed E-state index contributed by atoms with van der Waals surface area (Å²) in [6.07, 6.45) is 0. The number of rotatable bonds is 5. The molecule has 0 atom stereocenters. The molecule has 0 aliphatic rings. The molecule has 0 amide bonds. The monoisotopic (exact) mass is 289 g/mol. The molecule has 0 spiro atoms. The molecular formula is C15H16FN3O2. The Morgan fingerprint density at radius 3 is 2.52 bits per heavy atom. The minimum Gasteiger partial charge on any atom is -0.398 e. The van der Waals surface area contributed by atoms with Crippen LogP contribution in [0.25, 0.3) is 0 Å². The van der Waals surface area contributed by atoms with Crippen molar-refractivity contribution in [3.63, 3.8) is 0 Å². The molecule has 110 valence electrons. The summed E-state index contributed by atoms with van der Waals surface area (Å²) in [5.74, 6) is -0.267. The van der Waals surface area contributed by atoms with Crippen molar-refractivity contribution in [3.05, 3.63) is 69.5 Å². The number of halogens is 1. The van der Waals surface area contributed by atoms with Crippen LogP contribution in [0.15, 0.2) is 42.5 Å². The number of nitrogens with two attached hydrogens (primary N) is 1. The average molecular weight is 289 g/mol. The molecule has 21 heavy (non-hydrogen) atoms. The molecule has 2 N–H and O–H groups in total. The Balaban J connectivity index is 2.12. The van der Waals surface area contributed by atoms with Crippen LogP contribution in [0.1, 0.15) is 11.1 Å². The highest BCUT2D eigenvalue weighted by molar-refractivity contribution is 5.52. The van der Waals surface area contributed by atoms with Gasteiger partial charge in [0.15, 0.2) is 0 Å². The third-order valence-electron chi connectivity index (χ3n) is 3.18. The van der Waals surface area contributed by atoms with E-state index in [2.05, 4.69) is 0 Å². The summed E-state index contributed by atoms with van der Waals surface area (Å²) in [5.41, 5.74) is 7.55. The summed E-state index contributed by atoms with van der Waals surface area (Å²) in [6.45, 7) is 0.802. The zero-order valence-corrected chi connectivity index (χ0v) is 11.6. The molecule has 6 heteroatoms. The van der Waals surface area contributed by atoms with Crippen LogP contribution in [0.2, 0.25) is 0 Å². The van der Waals surface area contributed by atoms with Crippen LogP contribution < -0.4 is 5.73 Å². The summed E-state index contributed by atoms with van der Waals surface area (Å²) in [6, 6.07) is 10.9. The van der Waals surface area contributed by atoms with Crippen molar-refractivity contribution in [3.8, 4) is 0 Å². The summed E-state index contributed by atoms with van der Waals surface area (Å²) in [7, 11) is 1.81. The smallest absolute Gasteiger partial charge is 0.269 e. The fraction of sp³-hybridized carbons (Fsp3) is 0.200. The summed E-state index contributed by atoms with van der Waals surface area (Å²) < 4.78 is 13.6. The van der Waals surface area contributed by atoms with Crippen LogP contribution in [0, 0.1) is 15.9 Å². The van der Waals surface area contributed by atoms with Crippen molar-refractivity contribution in [2.75, 3.05) is 12.8 Å². The molecule has 0 aliphatic carbocycles. The quantitative estimate of drug-likeness (QED) is 0.522. The molecule has 2 aromatic carbocycles. The summed E-state index contributed by atoms with van der Waals surface area (Å²) >= 11 is 0. The molecule has 2 rings (SSSR count). The highest BCUT2D eigenvalue weighted by atomic mass is 19.1. The van der Waals surface area contributed by atoms with Crippen LogP contribution in [-0.4, -0.2) is 16.9 Å². The van der Waals surface area contributed by atoms with Gasteiger partial charge in [-0.15, -0.1) is 0 Å². The SMILES string of the molecule is CN(Cc1cc([N+](=O)[O-])ccc1N)Cc1ccccc1F. The predicted molar refractivity (Wildman–Crippen MR) is 79.1 cm³/mol. The topological polar surface area (TPSA) is 72.4 Å². The van der Waals surface area contributed by atoms with Gasteiger partial charge in [0.1, 0.15) is 5.82 Å². The van der Waals surface area contributed by atoms with E-state index in [1.54, 1.807) is 18.2 Å². The highest BCUT2D eigenvalue weighted by Crippen LogP contribution is 2.21. The molecule has 2 aromatic rings. The number of nitro benzene ring substituents is 1. The van der Waals surface area contributed by atoms with E-state index >= 15 is 0 Å². The standard InChI is InChI=1S/C15H16FN3O2/c1-18(9-11-4-2-3-5-14(11)16)10-12-8-13(19(20)21)6-7-15(12)17/h2-8H,9-10,17H2,1H3. The van der Waals surface area contributed by atoms with Crippen molar-refractivity contribution in [2.24, 2.45) is 0 Å². The number of benzene rings is 2. The Labute approximate surface area is 122 Å². The van der Waals surface area contributed by atoms with Crippen LogP contribution in [0.3, 0.4) is 0 Å². The Kier molecular flexibility index (Phi) is 4.49. The van der Waals surface area contributed by atoms with E-state index in [1.807, 2.05) is 11.9 Å². The third-order valence-corrected chi connectivity index (χ3v) is 3.18. The van der Waals surface area contributed by atoms with E-state index in [4.69, 9.17) is 5.73 Å². The fourth-order valence-electron chi connectivity index (χ4n) is 2.11. The molecule has 0 saturated heterocycles. The highest BCUT2D eigenvalue weighted by Gasteiger charge is 2.12. The second kappa shape index (κ2) is 6.32. The van der Waals surface area contributed by atoms with Gasteiger partial charge < -0.3 is 5.73 Å². The maximum atomic E-state index is 13.6. The van der Waals surface area contributed by atoms with Crippen LogP contribution in [0.5, 0.6) is 0 Å². The van der Waals surface area contributed by atoms with Gasteiger partial charge in [0.25, 0.3) is 5.69 Å². The Hall–Kier alpha value is -2.47. The minimum atomic E-state index is -0.459. The third kappa shape index (κ3) is 3.76. The van der Waals surface area contributed by atoms with Crippen LogP contribution in [0.4, 0.5) is 15.8 Å². The van der Waals surface area contributed by atoms with E-state index in [1.165, 1.54) is 24.3 Å². The molecule has 0 aromatic heterocycles. The van der Waals surface area contributed by atoms with Gasteiger partial charge in [0.2, 0.25) is 0 Å². The predicted octanol–water partition coefficient (Wildman–Crippen LogP) is 2.95. The van der Waals surface area contributed by atoms with Crippen molar-refractivity contribution in [2.45, 2.75) is 13.1 Å². The van der Waals surface area contributed by atoms with Gasteiger partial charge in [0.05, 0.1) is 4.92 Å². The Morgan fingerprint density at radius 2 is 1.86 bits per heavy atom. The van der Waals surface area contributed by atoms with Crippen molar-refractivity contribution in [1.29, 1.82) is 0 Å². The van der Waals surface area contributed by atoms with E-state index in [9.17, 15) is 14.5 Å². The number of nitrogen functional groups attached to an aromatic ring is 1. The molecule has 5 nitrogen and oxygen atoms in total. The molecule has 0 fully saturated rings. The molecular weight excluding hydrogens is 273 g/mol. The number of hydrogen-bond acceptors (Lipinski definition) is 4. The van der Waals surface area contributed by atoms with Crippen LogP contribution in [-0.2, 0) is 13.1 Å². The summed E-state index contributed by atoms with van der Waals surface area (Å²) in [4.78, 5) is 12.2. The van der Waals surface area contributed by atoms with Gasteiger partial charge in [-0.05, 0) is 24.7 Å². The van der Waals surface area contributed by atoms with Crippen LogP contribution >= 0.6 is 0 Å². The number of anilines is 1. The maximum absolute atomic E-state index is 13.6. The van der Waals surface area contributed by atoms with Gasteiger partial charge in [-0.25, -0.2) is 4.39 Å². The Bertz CT molecular complexity index is 661. The average Bonchev–Trinajstić information content (AvgIpc) is 2.43. The summed E-state index contributed by atoms with van der Waals surface area (Å²) in [5, 5.41) is 10.8. The first kappa shape index (κ1) is 14.9. The van der Waals surface area contributed by atoms with E-state index in [0.29, 0.717) is 29.9 Å².